The number of nitrogens with zero attached hydrogens (tertiary/aromatic N) is 2. The number of thiazole rings is 1. The van der Waals surface area contributed by atoms with Crippen molar-refractivity contribution in [3.05, 3.63) is 59.4 Å². The van der Waals surface area contributed by atoms with E-state index < -0.39 is 0 Å². The molecule has 1 atom stereocenters. The van der Waals surface area contributed by atoms with Gasteiger partial charge in [0, 0.05) is 12.6 Å². The van der Waals surface area contributed by atoms with Crippen LogP contribution in [0.1, 0.15) is 23.7 Å². The average Bonchev–Trinajstić information content (AvgIpc) is 2.90. The van der Waals surface area contributed by atoms with E-state index >= 15 is 0 Å². The van der Waals surface area contributed by atoms with Gasteiger partial charge in [-0.05, 0) is 30.8 Å². The van der Waals surface area contributed by atoms with Crippen molar-refractivity contribution < 1.29 is 0 Å². The maximum atomic E-state index is 4.71. The molecule has 0 bridgehead atoms. The summed E-state index contributed by atoms with van der Waals surface area (Å²) >= 11 is 1.77. The van der Waals surface area contributed by atoms with Gasteiger partial charge in [0.2, 0.25) is 0 Å². The van der Waals surface area contributed by atoms with Gasteiger partial charge in [0.25, 0.3) is 0 Å². The molecular formula is C16H17N3S. The molecule has 0 aliphatic heterocycles. The molecule has 4 heteroatoms. The summed E-state index contributed by atoms with van der Waals surface area (Å²) in [6, 6.07) is 14.6. The molecule has 0 saturated heterocycles. The zero-order valence-corrected chi connectivity index (χ0v) is 12.2. The van der Waals surface area contributed by atoms with Gasteiger partial charge in [-0.3, -0.25) is 4.98 Å². The van der Waals surface area contributed by atoms with E-state index in [1.807, 2.05) is 24.4 Å². The topological polar surface area (TPSA) is 37.8 Å². The Morgan fingerprint density at radius 2 is 2.00 bits per heavy atom. The van der Waals surface area contributed by atoms with Crippen LogP contribution in [0.2, 0.25) is 0 Å². The van der Waals surface area contributed by atoms with E-state index in [1.165, 1.54) is 4.70 Å². The second-order valence-corrected chi connectivity index (χ2v) is 5.76. The van der Waals surface area contributed by atoms with Crippen LogP contribution in [0, 0.1) is 0 Å². The van der Waals surface area contributed by atoms with Crippen LogP contribution in [-0.4, -0.2) is 16.5 Å². The number of hydrogen-bond acceptors (Lipinski definition) is 4. The first-order valence-electron chi connectivity index (χ1n) is 6.85. The number of hydrogen-bond donors (Lipinski definition) is 1. The Kier molecular flexibility index (Phi) is 4.04. The van der Waals surface area contributed by atoms with Crippen LogP contribution in [0.5, 0.6) is 0 Å². The van der Waals surface area contributed by atoms with E-state index in [9.17, 15) is 0 Å². The lowest BCUT2D eigenvalue weighted by atomic mass is 10.1. The number of benzene rings is 1. The third-order valence-electron chi connectivity index (χ3n) is 3.21. The number of nitrogens with one attached hydrogen (secondary N) is 1. The summed E-state index contributed by atoms with van der Waals surface area (Å²) in [6.07, 6.45) is 2.72. The zero-order chi connectivity index (χ0) is 13.8. The van der Waals surface area contributed by atoms with E-state index in [0.29, 0.717) is 0 Å². The van der Waals surface area contributed by atoms with E-state index in [4.69, 9.17) is 4.98 Å². The zero-order valence-electron chi connectivity index (χ0n) is 11.4. The molecule has 0 aliphatic rings. The molecule has 0 fully saturated rings. The molecule has 2 heterocycles. The first-order valence-corrected chi connectivity index (χ1v) is 7.67. The minimum absolute atomic E-state index is 0.224. The molecule has 0 spiro atoms. The summed E-state index contributed by atoms with van der Waals surface area (Å²) in [7, 11) is 0. The fourth-order valence-corrected chi connectivity index (χ4v) is 3.30. The summed E-state index contributed by atoms with van der Waals surface area (Å²) in [5.41, 5.74) is 2.16. The summed E-state index contributed by atoms with van der Waals surface area (Å²) in [4.78, 5) is 9.17. The molecule has 0 aliphatic carbocycles. The van der Waals surface area contributed by atoms with Gasteiger partial charge >= 0.3 is 0 Å². The lowest BCUT2D eigenvalue weighted by molar-refractivity contribution is 0.536. The van der Waals surface area contributed by atoms with E-state index in [-0.39, 0.29) is 6.04 Å². The van der Waals surface area contributed by atoms with Crippen molar-refractivity contribution in [3.8, 4) is 0 Å². The van der Waals surface area contributed by atoms with E-state index in [2.05, 4.69) is 41.5 Å². The summed E-state index contributed by atoms with van der Waals surface area (Å²) in [5.74, 6) is 0. The van der Waals surface area contributed by atoms with Crippen LogP contribution in [0.25, 0.3) is 10.2 Å². The molecule has 3 rings (SSSR count). The Balaban J connectivity index is 1.86. The highest BCUT2D eigenvalue weighted by Crippen LogP contribution is 2.25. The predicted octanol–water partition coefficient (Wildman–Crippen LogP) is 3.58. The van der Waals surface area contributed by atoms with E-state index in [0.717, 1.165) is 29.2 Å². The molecule has 0 saturated carbocycles. The fourth-order valence-electron chi connectivity index (χ4n) is 2.29. The molecule has 1 unspecified atom stereocenters. The molecule has 3 nitrogen and oxygen atoms in total. The summed E-state index contributed by atoms with van der Waals surface area (Å²) in [6.45, 7) is 3.04. The van der Waals surface area contributed by atoms with Gasteiger partial charge in [-0.15, -0.1) is 11.3 Å². The highest BCUT2D eigenvalue weighted by Gasteiger charge is 2.14. The lowest BCUT2D eigenvalue weighted by Crippen LogP contribution is -2.23. The number of aromatic nitrogens is 2. The number of para-hydroxylation sites is 1. The summed E-state index contributed by atoms with van der Waals surface area (Å²) < 4.78 is 1.25. The molecule has 102 valence electrons. The van der Waals surface area contributed by atoms with Gasteiger partial charge in [-0.1, -0.05) is 25.1 Å². The Morgan fingerprint density at radius 1 is 1.15 bits per heavy atom. The maximum Gasteiger partial charge on any atom is 0.0958 e. The number of likely N-dealkylation sites (N-methyl/N-ethyl adjacent to an activating group) is 1. The van der Waals surface area contributed by atoms with Crippen molar-refractivity contribution in [1.82, 2.24) is 15.3 Å². The third kappa shape index (κ3) is 2.86. The molecule has 1 N–H and O–H groups in total. The highest BCUT2D eigenvalue weighted by molar-refractivity contribution is 7.18. The first kappa shape index (κ1) is 13.2. The van der Waals surface area contributed by atoms with Crippen molar-refractivity contribution in [2.24, 2.45) is 0 Å². The number of fused-ring (bicyclic) bond motifs is 1. The van der Waals surface area contributed by atoms with Gasteiger partial charge in [-0.25, -0.2) is 4.98 Å². The quantitative estimate of drug-likeness (QED) is 0.777. The second kappa shape index (κ2) is 6.11. The van der Waals surface area contributed by atoms with Gasteiger partial charge in [0.1, 0.15) is 0 Å². The van der Waals surface area contributed by atoms with Crippen molar-refractivity contribution >= 4 is 21.6 Å². The average molecular weight is 283 g/mol. The largest absolute Gasteiger partial charge is 0.309 e. The minimum Gasteiger partial charge on any atom is -0.309 e. The Hall–Kier alpha value is -1.78. The lowest BCUT2D eigenvalue weighted by Gasteiger charge is -2.15. The van der Waals surface area contributed by atoms with Crippen molar-refractivity contribution in [3.63, 3.8) is 0 Å². The van der Waals surface area contributed by atoms with Crippen LogP contribution in [0.3, 0.4) is 0 Å². The van der Waals surface area contributed by atoms with Gasteiger partial charge in [0.05, 0.1) is 27.0 Å². The molecule has 0 radical (unpaired) electrons. The van der Waals surface area contributed by atoms with Crippen LogP contribution in [0.15, 0.2) is 48.7 Å². The molecule has 0 amide bonds. The SMILES string of the molecule is CCNC(Cc1nc2ccccc2s1)c1ccccn1. The molecule has 3 aromatic rings. The van der Waals surface area contributed by atoms with Crippen LogP contribution in [-0.2, 0) is 6.42 Å². The normalized spacial score (nSPS) is 12.7. The van der Waals surface area contributed by atoms with Crippen LogP contribution < -0.4 is 5.32 Å². The van der Waals surface area contributed by atoms with Gasteiger partial charge in [-0.2, -0.15) is 0 Å². The standard InChI is InChI=1S/C16H17N3S/c1-2-17-14(12-7-5-6-10-18-12)11-16-19-13-8-3-4-9-15(13)20-16/h3-10,14,17H,2,11H2,1H3. The molecular weight excluding hydrogens is 266 g/mol. The Bertz CT molecular complexity index is 645. The van der Waals surface area contributed by atoms with Gasteiger partial charge < -0.3 is 5.32 Å². The third-order valence-corrected chi connectivity index (χ3v) is 4.27. The van der Waals surface area contributed by atoms with Crippen molar-refractivity contribution in [1.29, 1.82) is 0 Å². The number of rotatable bonds is 5. The number of pyridine rings is 1. The Labute approximate surface area is 122 Å². The maximum absolute atomic E-state index is 4.71. The summed E-state index contributed by atoms with van der Waals surface area (Å²) in [5, 5.41) is 4.65. The fraction of sp³-hybridized carbons (Fsp3) is 0.250. The molecule has 2 aromatic heterocycles. The first-order chi connectivity index (χ1) is 9.86. The van der Waals surface area contributed by atoms with Crippen molar-refractivity contribution in [2.45, 2.75) is 19.4 Å². The Morgan fingerprint density at radius 3 is 2.75 bits per heavy atom. The molecule has 20 heavy (non-hydrogen) atoms. The van der Waals surface area contributed by atoms with E-state index in [1.54, 1.807) is 11.3 Å². The smallest absolute Gasteiger partial charge is 0.0958 e. The highest BCUT2D eigenvalue weighted by atomic mass is 32.1. The predicted molar refractivity (Wildman–Crippen MR) is 84.0 cm³/mol. The van der Waals surface area contributed by atoms with Crippen molar-refractivity contribution in [2.75, 3.05) is 6.54 Å². The van der Waals surface area contributed by atoms with Gasteiger partial charge in [0.15, 0.2) is 0 Å². The second-order valence-electron chi connectivity index (χ2n) is 4.64. The molecule has 1 aromatic carbocycles. The minimum atomic E-state index is 0.224. The van der Waals surface area contributed by atoms with Crippen LogP contribution >= 0.6 is 11.3 Å². The van der Waals surface area contributed by atoms with Crippen LogP contribution in [0.4, 0.5) is 0 Å². The monoisotopic (exact) mass is 283 g/mol.